The molecule has 0 aliphatic carbocycles. The molecule has 2 aliphatic rings. The third-order valence-corrected chi connectivity index (χ3v) is 5.18. The first kappa shape index (κ1) is 22.7. The SMILES string of the molecule is CC(C)(C)OC(=O)CCCCNc1cccc2c1C(=O)N(C1CCC(=O)NC1=O)C2O. The van der Waals surface area contributed by atoms with E-state index in [4.69, 9.17) is 4.74 Å². The molecule has 1 aromatic carbocycles. The van der Waals surface area contributed by atoms with Gasteiger partial charge >= 0.3 is 5.97 Å². The molecule has 2 unspecified atom stereocenters. The minimum absolute atomic E-state index is 0.117. The Morgan fingerprint density at radius 3 is 2.68 bits per heavy atom. The van der Waals surface area contributed by atoms with Crippen molar-refractivity contribution in [3.63, 3.8) is 0 Å². The van der Waals surface area contributed by atoms with Crippen molar-refractivity contribution in [3.8, 4) is 0 Å². The van der Waals surface area contributed by atoms with Crippen LogP contribution in [0, 0.1) is 0 Å². The Labute approximate surface area is 181 Å². The maximum absolute atomic E-state index is 13.1. The topological polar surface area (TPSA) is 125 Å². The molecule has 0 saturated carbocycles. The number of ether oxygens (including phenoxy) is 1. The van der Waals surface area contributed by atoms with E-state index in [2.05, 4.69) is 10.6 Å². The second-order valence-electron chi connectivity index (χ2n) is 8.79. The summed E-state index contributed by atoms with van der Waals surface area (Å²) in [6.07, 6.45) is 0.681. The molecule has 3 N–H and O–H groups in total. The number of anilines is 1. The Morgan fingerprint density at radius 2 is 2.00 bits per heavy atom. The molecule has 1 saturated heterocycles. The number of unbranched alkanes of at least 4 members (excludes halogenated alkanes) is 1. The van der Waals surface area contributed by atoms with Gasteiger partial charge in [-0.15, -0.1) is 0 Å². The predicted molar refractivity (Wildman–Crippen MR) is 112 cm³/mol. The number of benzene rings is 1. The molecule has 2 heterocycles. The number of fused-ring (bicyclic) bond motifs is 1. The second-order valence-corrected chi connectivity index (χ2v) is 8.79. The Hall–Kier alpha value is -2.94. The molecule has 1 aromatic rings. The molecule has 2 atom stereocenters. The number of piperidine rings is 1. The Balaban J connectivity index is 1.60. The van der Waals surface area contributed by atoms with Gasteiger partial charge in [0.2, 0.25) is 11.8 Å². The Kier molecular flexibility index (Phi) is 6.64. The number of aliphatic hydroxyl groups is 1. The van der Waals surface area contributed by atoms with E-state index < -0.39 is 29.7 Å². The molecule has 0 aromatic heterocycles. The van der Waals surface area contributed by atoms with Crippen LogP contribution in [0.15, 0.2) is 18.2 Å². The number of amides is 3. The average molecular weight is 431 g/mol. The first-order valence-electron chi connectivity index (χ1n) is 10.5. The van der Waals surface area contributed by atoms with Crippen LogP contribution >= 0.6 is 0 Å². The predicted octanol–water partition coefficient (Wildman–Crippen LogP) is 1.86. The normalized spacial score (nSPS) is 21.0. The first-order chi connectivity index (χ1) is 14.6. The number of carbonyl (C=O) groups is 4. The number of hydrogen-bond acceptors (Lipinski definition) is 7. The maximum Gasteiger partial charge on any atom is 0.306 e. The summed E-state index contributed by atoms with van der Waals surface area (Å²) in [5, 5.41) is 16.1. The van der Waals surface area contributed by atoms with Crippen LogP contribution in [-0.4, -0.2) is 51.9 Å². The monoisotopic (exact) mass is 431 g/mol. The molecule has 0 radical (unpaired) electrons. The van der Waals surface area contributed by atoms with Gasteiger partial charge in [0.15, 0.2) is 6.23 Å². The van der Waals surface area contributed by atoms with Gasteiger partial charge in [-0.2, -0.15) is 0 Å². The third kappa shape index (κ3) is 5.22. The highest BCUT2D eigenvalue weighted by Crippen LogP contribution is 2.38. The minimum Gasteiger partial charge on any atom is -0.460 e. The standard InChI is InChI=1S/C22H29N3O6/c1-22(2,3)31-17(27)9-4-5-12-23-14-8-6-7-13-18(14)21(30)25(20(13)29)15-10-11-16(26)24-19(15)28/h6-8,15,20,23,29H,4-5,9-12H2,1-3H3,(H,24,26,28). The quantitative estimate of drug-likeness (QED) is 0.342. The van der Waals surface area contributed by atoms with Crippen molar-refractivity contribution in [3.05, 3.63) is 29.3 Å². The van der Waals surface area contributed by atoms with Gasteiger partial charge in [-0.3, -0.25) is 29.4 Å². The van der Waals surface area contributed by atoms with Crippen molar-refractivity contribution in [2.24, 2.45) is 0 Å². The molecular formula is C22H29N3O6. The summed E-state index contributed by atoms with van der Waals surface area (Å²) in [6.45, 7) is 6.00. The van der Waals surface area contributed by atoms with Gasteiger partial charge in [0.1, 0.15) is 11.6 Å². The van der Waals surface area contributed by atoms with E-state index >= 15 is 0 Å². The van der Waals surface area contributed by atoms with Crippen LogP contribution in [-0.2, 0) is 19.1 Å². The Morgan fingerprint density at radius 1 is 1.26 bits per heavy atom. The van der Waals surface area contributed by atoms with Gasteiger partial charge in [0.05, 0.1) is 5.56 Å². The number of esters is 1. The zero-order chi connectivity index (χ0) is 22.8. The van der Waals surface area contributed by atoms with Crippen LogP contribution in [0.3, 0.4) is 0 Å². The zero-order valence-electron chi connectivity index (χ0n) is 18.1. The third-order valence-electron chi connectivity index (χ3n) is 5.18. The van der Waals surface area contributed by atoms with Crippen molar-refractivity contribution in [2.75, 3.05) is 11.9 Å². The summed E-state index contributed by atoms with van der Waals surface area (Å²) in [7, 11) is 0. The van der Waals surface area contributed by atoms with Crippen molar-refractivity contribution < 1.29 is 29.0 Å². The smallest absolute Gasteiger partial charge is 0.306 e. The molecule has 3 amide bonds. The lowest BCUT2D eigenvalue weighted by atomic mass is 10.0. The van der Waals surface area contributed by atoms with Gasteiger partial charge in [-0.1, -0.05) is 12.1 Å². The largest absolute Gasteiger partial charge is 0.460 e. The molecule has 9 nitrogen and oxygen atoms in total. The minimum atomic E-state index is -1.25. The molecule has 2 aliphatic heterocycles. The van der Waals surface area contributed by atoms with Crippen LogP contribution in [0.4, 0.5) is 5.69 Å². The van der Waals surface area contributed by atoms with Crippen molar-refractivity contribution in [1.82, 2.24) is 10.2 Å². The van der Waals surface area contributed by atoms with Crippen LogP contribution in [0.2, 0.25) is 0 Å². The van der Waals surface area contributed by atoms with Gasteiger partial charge < -0.3 is 15.2 Å². The van der Waals surface area contributed by atoms with Crippen LogP contribution in [0.25, 0.3) is 0 Å². The van der Waals surface area contributed by atoms with Crippen molar-refractivity contribution >= 4 is 29.4 Å². The molecule has 3 rings (SSSR count). The summed E-state index contributed by atoms with van der Waals surface area (Å²) in [5.74, 6) is -1.65. The number of imide groups is 1. The van der Waals surface area contributed by atoms with Crippen LogP contribution in [0.5, 0.6) is 0 Å². The molecule has 0 bridgehead atoms. The molecule has 31 heavy (non-hydrogen) atoms. The lowest BCUT2D eigenvalue weighted by molar-refractivity contribution is -0.155. The van der Waals surface area contributed by atoms with E-state index in [0.717, 1.165) is 4.90 Å². The van der Waals surface area contributed by atoms with Crippen LogP contribution in [0.1, 0.15) is 75.0 Å². The molecule has 0 spiro atoms. The first-order valence-corrected chi connectivity index (χ1v) is 10.5. The number of carbonyl (C=O) groups excluding carboxylic acids is 4. The number of rotatable bonds is 7. The van der Waals surface area contributed by atoms with Gasteiger partial charge in [-0.05, 0) is 46.1 Å². The van der Waals surface area contributed by atoms with Crippen molar-refractivity contribution in [1.29, 1.82) is 0 Å². The fraction of sp³-hybridized carbons (Fsp3) is 0.545. The fourth-order valence-electron chi connectivity index (χ4n) is 3.83. The van der Waals surface area contributed by atoms with Crippen LogP contribution < -0.4 is 10.6 Å². The summed E-state index contributed by atoms with van der Waals surface area (Å²) < 4.78 is 5.28. The maximum atomic E-state index is 13.1. The van der Waals surface area contributed by atoms with E-state index in [0.29, 0.717) is 42.6 Å². The number of hydrogen-bond donors (Lipinski definition) is 3. The van der Waals surface area contributed by atoms with Gasteiger partial charge in [-0.25, -0.2) is 0 Å². The van der Waals surface area contributed by atoms with Gasteiger partial charge in [0, 0.05) is 30.6 Å². The van der Waals surface area contributed by atoms with E-state index in [1.165, 1.54) is 0 Å². The lowest BCUT2D eigenvalue weighted by Gasteiger charge is -2.31. The number of aliphatic hydroxyl groups excluding tert-OH is 1. The lowest BCUT2D eigenvalue weighted by Crippen LogP contribution is -2.53. The average Bonchev–Trinajstić information content (AvgIpc) is 2.92. The van der Waals surface area contributed by atoms with Crippen molar-refractivity contribution in [2.45, 2.75) is 70.7 Å². The molecule has 1 fully saturated rings. The highest BCUT2D eigenvalue weighted by atomic mass is 16.6. The van der Waals surface area contributed by atoms with E-state index in [1.807, 2.05) is 20.8 Å². The highest BCUT2D eigenvalue weighted by molar-refractivity contribution is 6.08. The number of nitrogens with one attached hydrogen (secondary N) is 2. The van der Waals surface area contributed by atoms with E-state index in [-0.39, 0.29) is 24.7 Å². The number of nitrogens with zero attached hydrogens (tertiary/aromatic N) is 1. The Bertz CT molecular complexity index is 892. The molecule has 9 heteroatoms. The van der Waals surface area contributed by atoms with E-state index in [9.17, 15) is 24.3 Å². The van der Waals surface area contributed by atoms with E-state index in [1.54, 1.807) is 18.2 Å². The highest BCUT2D eigenvalue weighted by Gasteiger charge is 2.45. The fourth-order valence-corrected chi connectivity index (χ4v) is 3.83. The zero-order valence-corrected chi connectivity index (χ0v) is 18.1. The molecular weight excluding hydrogens is 402 g/mol. The summed E-state index contributed by atoms with van der Waals surface area (Å²) in [4.78, 5) is 49.6. The molecule has 168 valence electrons. The summed E-state index contributed by atoms with van der Waals surface area (Å²) in [6, 6.07) is 4.23. The summed E-state index contributed by atoms with van der Waals surface area (Å²) >= 11 is 0. The van der Waals surface area contributed by atoms with Gasteiger partial charge in [0.25, 0.3) is 5.91 Å². The summed E-state index contributed by atoms with van der Waals surface area (Å²) in [5.41, 5.74) is 0.809. The second kappa shape index (κ2) is 9.05.